The topological polar surface area (TPSA) is 89.7 Å². The Bertz CT molecular complexity index is 1040. The van der Waals surface area contributed by atoms with E-state index in [9.17, 15) is 0 Å². The van der Waals surface area contributed by atoms with E-state index in [4.69, 9.17) is 10.5 Å². The van der Waals surface area contributed by atoms with Gasteiger partial charge < -0.3 is 10.5 Å². The van der Waals surface area contributed by atoms with Crippen LogP contribution >= 0.6 is 0 Å². The van der Waals surface area contributed by atoms with Crippen molar-refractivity contribution >= 4 is 17.0 Å². The minimum absolute atomic E-state index is 0.0956. The van der Waals surface area contributed by atoms with Gasteiger partial charge in [0.15, 0.2) is 0 Å². The van der Waals surface area contributed by atoms with Crippen LogP contribution in [-0.2, 0) is 6.42 Å². The highest BCUT2D eigenvalue weighted by Gasteiger charge is 2.21. The normalized spacial score (nSPS) is 12.2. The highest BCUT2D eigenvalue weighted by atomic mass is 16.5. The summed E-state index contributed by atoms with van der Waals surface area (Å²) >= 11 is 0. The molecule has 0 fully saturated rings. The maximum absolute atomic E-state index is 6.05. The van der Waals surface area contributed by atoms with Gasteiger partial charge in [-0.2, -0.15) is 10.3 Å². The van der Waals surface area contributed by atoms with E-state index in [0.717, 1.165) is 35.2 Å². The summed E-state index contributed by atoms with van der Waals surface area (Å²) in [5.74, 6) is 1.37. The summed E-state index contributed by atoms with van der Waals surface area (Å²) in [4.78, 5) is 4.27. The molecule has 0 saturated carbocycles. The number of methoxy groups -OCH3 is 1. The lowest BCUT2D eigenvalue weighted by molar-refractivity contribution is 0.414. The number of nitrogens with one attached hydrogen (secondary N) is 1. The van der Waals surface area contributed by atoms with Crippen molar-refractivity contribution in [1.82, 2.24) is 20.4 Å². The molecule has 6 nitrogen and oxygen atoms in total. The first-order valence-corrected chi connectivity index (χ1v) is 8.89. The monoisotopic (exact) mass is 359 g/mol. The number of nitrogens with two attached hydrogens (primary N) is 1. The molecule has 0 aliphatic rings. The molecule has 0 radical (unpaired) electrons. The van der Waals surface area contributed by atoms with Gasteiger partial charge in [0, 0.05) is 5.92 Å². The molecule has 1 atom stereocenters. The number of nitrogen functional groups attached to an aromatic ring is 1. The second kappa shape index (κ2) is 7.45. The highest BCUT2D eigenvalue weighted by Crippen LogP contribution is 2.35. The molecule has 0 aliphatic heterocycles. The van der Waals surface area contributed by atoms with Crippen LogP contribution in [0.25, 0.3) is 11.2 Å². The fourth-order valence-corrected chi connectivity index (χ4v) is 3.46. The zero-order chi connectivity index (χ0) is 18.6. The molecule has 3 N–H and O–H groups in total. The van der Waals surface area contributed by atoms with E-state index < -0.39 is 0 Å². The van der Waals surface area contributed by atoms with Gasteiger partial charge in [0.2, 0.25) is 5.65 Å². The zero-order valence-corrected chi connectivity index (χ0v) is 15.1. The number of benzene rings is 2. The molecule has 1 unspecified atom stereocenters. The van der Waals surface area contributed by atoms with E-state index >= 15 is 0 Å². The second-order valence-electron chi connectivity index (χ2n) is 6.49. The van der Waals surface area contributed by atoms with Crippen molar-refractivity contribution < 1.29 is 4.74 Å². The smallest absolute Gasteiger partial charge is 0.203 e. The third kappa shape index (κ3) is 3.60. The van der Waals surface area contributed by atoms with Crippen molar-refractivity contribution in [3.8, 4) is 5.75 Å². The average molecular weight is 359 g/mol. The molecule has 2 aromatic carbocycles. The molecule has 2 heterocycles. The maximum atomic E-state index is 6.05. The number of H-pyrrole nitrogens is 1. The lowest BCUT2D eigenvalue weighted by Crippen LogP contribution is -2.06. The van der Waals surface area contributed by atoms with Crippen LogP contribution in [0.4, 0.5) is 5.82 Å². The fraction of sp³-hybridized carbons (Fsp3) is 0.190. The molecule has 0 spiro atoms. The summed E-state index contributed by atoms with van der Waals surface area (Å²) in [6.45, 7) is 0. The number of aryl methyl sites for hydroxylation is 1. The van der Waals surface area contributed by atoms with Crippen LogP contribution in [0.3, 0.4) is 0 Å². The summed E-state index contributed by atoms with van der Waals surface area (Å²) < 4.78 is 5.43. The van der Waals surface area contributed by atoms with Gasteiger partial charge in [-0.1, -0.05) is 42.5 Å². The number of fused-ring (bicyclic) bond motifs is 1. The van der Waals surface area contributed by atoms with Gasteiger partial charge >= 0.3 is 0 Å². The zero-order valence-electron chi connectivity index (χ0n) is 15.1. The van der Waals surface area contributed by atoms with Crippen molar-refractivity contribution in [2.45, 2.75) is 18.8 Å². The van der Waals surface area contributed by atoms with Crippen LogP contribution in [0.1, 0.15) is 29.0 Å². The summed E-state index contributed by atoms with van der Waals surface area (Å²) in [7, 11) is 1.68. The minimum Gasteiger partial charge on any atom is -0.497 e. The van der Waals surface area contributed by atoms with Gasteiger partial charge in [-0.05, 0) is 47.7 Å². The van der Waals surface area contributed by atoms with Crippen molar-refractivity contribution in [3.05, 3.63) is 77.4 Å². The Morgan fingerprint density at radius 1 is 1.04 bits per heavy atom. The van der Waals surface area contributed by atoms with E-state index in [1.807, 2.05) is 24.3 Å². The first-order valence-electron chi connectivity index (χ1n) is 8.89. The van der Waals surface area contributed by atoms with Gasteiger partial charge in [-0.3, -0.25) is 0 Å². The van der Waals surface area contributed by atoms with Crippen LogP contribution in [-0.4, -0.2) is 27.5 Å². The molecule has 136 valence electrons. The number of hydrogen-bond acceptors (Lipinski definition) is 5. The Morgan fingerprint density at radius 3 is 2.70 bits per heavy atom. The molecule has 0 aliphatic carbocycles. The summed E-state index contributed by atoms with van der Waals surface area (Å²) in [5.41, 5.74) is 10.8. The van der Waals surface area contributed by atoms with Gasteiger partial charge in [0.1, 0.15) is 17.1 Å². The molecule has 6 heteroatoms. The van der Waals surface area contributed by atoms with Gasteiger partial charge in [0.25, 0.3) is 0 Å². The SMILES string of the molecule is COc1cccc(C(CCc2ccccc2)c2cc(N)nc3n[nH]nc23)c1. The Labute approximate surface area is 157 Å². The molecule has 0 saturated heterocycles. The molecular formula is C21H21N5O. The van der Waals surface area contributed by atoms with Gasteiger partial charge in [-0.25, -0.2) is 4.98 Å². The van der Waals surface area contributed by atoms with Crippen molar-refractivity contribution in [3.63, 3.8) is 0 Å². The van der Waals surface area contributed by atoms with Crippen LogP contribution < -0.4 is 10.5 Å². The maximum Gasteiger partial charge on any atom is 0.203 e. The van der Waals surface area contributed by atoms with Crippen LogP contribution in [0.15, 0.2) is 60.7 Å². The average Bonchev–Trinajstić information content (AvgIpc) is 3.17. The minimum atomic E-state index is 0.0956. The van der Waals surface area contributed by atoms with E-state index in [-0.39, 0.29) is 5.92 Å². The number of nitrogens with zero attached hydrogens (tertiary/aromatic N) is 3. The van der Waals surface area contributed by atoms with Crippen LogP contribution in [0.5, 0.6) is 5.75 Å². The standard InChI is InChI=1S/C21H21N5O/c1-27-16-9-5-8-15(12-16)17(11-10-14-6-3-2-4-7-14)18-13-19(22)23-21-20(18)24-26-25-21/h2-9,12-13,17H,10-11H2,1H3,(H3,22,23,24,25,26). The summed E-state index contributed by atoms with van der Waals surface area (Å²) in [6, 6.07) is 20.5. The molecule has 2 aromatic heterocycles. The number of rotatable bonds is 6. The highest BCUT2D eigenvalue weighted by molar-refractivity contribution is 5.77. The Balaban J connectivity index is 1.78. The number of hydrogen-bond donors (Lipinski definition) is 2. The fourth-order valence-electron chi connectivity index (χ4n) is 3.46. The number of pyridine rings is 1. The Kier molecular flexibility index (Phi) is 4.70. The summed E-state index contributed by atoms with van der Waals surface area (Å²) in [6.07, 6.45) is 1.84. The second-order valence-corrected chi connectivity index (χ2v) is 6.49. The number of anilines is 1. The van der Waals surface area contributed by atoms with Gasteiger partial charge in [-0.15, -0.1) is 5.10 Å². The van der Waals surface area contributed by atoms with E-state index in [0.29, 0.717) is 11.5 Å². The van der Waals surface area contributed by atoms with Gasteiger partial charge in [0.05, 0.1) is 7.11 Å². The Hall–Kier alpha value is -3.41. The largest absolute Gasteiger partial charge is 0.497 e. The number of aromatic amines is 1. The van der Waals surface area contributed by atoms with E-state index in [1.54, 1.807) is 7.11 Å². The molecule has 0 amide bonds. The third-order valence-corrected chi connectivity index (χ3v) is 4.78. The Morgan fingerprint density at radius 2 is 1.89 bits per heavy atom. The van der Waals surface area contributed by atoms with Crippen molar-refractivity contribution in [2.75, 3.05) is 12.8 Å². The van der Waals surface area contributed by atoms with Crippen molar-refractivity contribution in [1.29, 1.82) is 0 Å². The molecule has 4 aromatic rings. The van der Waals surface area contributed by atoms with E-state index in [2.05, 4.69) is 56.8 Å². The number of aromatic nitrogens is 4. The summed E-state index contributed by atoms with van der Waals surface area (Å²) in [5, 5.41) is 11.1. The first kappa shape index (κ1) is 17.0. The predicted octanol–water partition coefficient (Wildman–Crippen LogP) is 3.71. The van der Waals surface area contributed by atoms with Crippen LogP contribution in [0.2, 0.25) is 0 Å². The lowest BCUT2D eigenvalue weighted by atomic mass is 9.86. The molecule has 27 heavy (non-hydrogen) atoms. The lowest BCUT2D eigenvalue weighted by Gasteiger charge is -2.19. The van der Waals surface area contributed by atoms with Crippen LogP contribution in [0, 0.1) is 0 Å². The third-order valence-electron chi connectivity index (χ3n) is 4.78. The number of ether oxygens (including phenoxy) is 1. The van der Waals surface area contributed by atoms with Crippen molar-refractivity contribution in [2.24, 2.45) is 0 Å². The molecule has 0 bridgehead atoms. The van der Waals surface area contributed by atoms with E-state index in [1.165, 1.54) is 5.56 Å². The molecular weight excluding hydrogens is 338 g/mol. The predicted molar refractivity (Wildman–Crippen MR) is 106 cm³/mol. The first-order chi connectivity index (χ1) is 13.2. The quantitative estimate of drug-likeness (QED) is 0.548. The molecule has 4 rings (SSSR count).